The SMILES string of the molecule is O=C(c1cc2ccccc2o1)N1CCN(C[C@@H](O)c2cccs2)CC1. The highest BCUT2D eigenvalue weighted by molar-refractivity contribution is 7.10. The van der Waals surface area contributed by atoms with Crippen LogP contribution >= 0.6 is 11.3 Å². The molecule has 0 bridgehead atoms. The molecule has 1 aromatic carbocycles. The molecular weight excluding hydrogens is 336 g/mol. The summed E-state index contributed by atoms with van der Waals surface area (Å²) in [7, 11) is 0. The quantitative estimate of drug-likeness (QED) is 0.781. The molecule has 0 radical (unpaired) electrons. The minimum Gasteiger partial charge on any atom is -0.451 e. The normalized spacial score (nSPS) is 17.1. The first-order valence-electron chi connectivity index (χ1n) is 8.42. The monoisotopic (exact) mass is 356 g/mol. The number of amides is 1. The summed E-state index contributed by atoms with van der Waals surface area (Å²) in [5.74, 6) is 0.336. The molecule has 1 saturated heterocycles. The van der Waals surface area contributed by atoms with Crippen LogP contribution in [0.4, 0.5) is 0 Å². The predicted molar refractivity (Wildman–Crippen MR) is 97.8 cm³/mol. The van der Waals surface area contributed by atoms with Crippen molar-refractivity contribution >= 4 is 28.2 Å². The highest BCUT2D eigenvalue weighted by Gasteiger charge is 2.25. The smallest absolute Gasteiger partial charge is 0.289 e. The van der Waals surface area contributed by atoms with Crippen LogP contribution in [-0.4, -0.2) is 53.5 Å². The Labute approximate surface area is 150 Å². The van der Waals surface area contributed by atoms with Gasteiger partial charge in [-0.2, -0.15) is 0 Å². The minimum absolute atomic E-state index is 0.0605. The Morgan fingerprint density at radius 1 is 1.16 bits per heavy atom. The molecule has 25 heavy (non-hydrogen) atoms. The highest BCUT2D eigenvalue weighted by atomic mass is 32.1. The number of hydrogen-bond donors (Lipinski definition) is 1. The fourth-order valence-corrected chi connectivity index (χ4v) is 3.90. The molecule has 2 aromatic heterocycles. The van der Waals surface area contributed by atoms with E-state index in [2.05, 4.69) is 4.90 Å². The molecule has 1 amide bonds. The Morgan fingerprint density at radius 3 is 2.68 bits per heavy atom. The van der Waals surface area contributed by atoms with E-state index in [1.165, 1.54) is 0 Å². The van der Waals surface area contributed by atoms with Crippen molar-refractivity contribution in [2.24, 2.45) is 0 Å². The summed E-state index contributed by atoms with van der Waals surface area (Å²) in [6.45, 7) is 3.41. The van der Waals surface area contributed by atoms with E-state index in [4.69, 9.17) is 4.42 Å². The number of fused-ring (bicyclic) bond motifs is 1. The summed E-state index contributed by atoms with van der Waals surface area (Å²) in [4.78, 5) is 17.7. The molecule has 1 N–H and O–H groups in total. The van der Waals surface area contributed by atoms with Gasteiger partial charge in [-0.1, -0.05) is 24.3 Å². The number of β-amino-alcohol motifs (C(OH)–C–C–N with tert-alkyl or cyclic N) is 1. The number of thiophene rings is 1. The molecule has 5 nitrogen and oxygen atoms in total. The molecule has 0 aliphatic carbocycles. The van der Waals surface area contributed by atoms with Gasteiger partial charge in [-0.3, -0.25) is 9.69 Å². The first-order chi connectivity index (χ1) is 12.2. The van der Waals surface area contributed by atoms with E-state index in [1.807, 2.05) is 52.7 Å². The van der Waals surface area contributed by atoms with E-state index in [0.717, 1.165) is 28.9 Å². The molecule has 1 fully saturated rings. The van der Waals surface area contributed by atoms with Crippen LogP contribution in [0.2, 0.25) is 0 Å². The molecule has 6 heteroatoms. The Kier molecular flexibility index (Phi) is 4.57. The van der Waals surface area contributed by atoms with Crippen LogP contribution in [0.1, 0.15) is 21.5 Å². The number of para-hydroxylation sites is 1. The Morgan fingerprint density at radius 2 is 1.96 bits per heavy atom. The van der Waals surface area contributed by atoms with Gasteiger partial charge in [0.1, 0.15) is 11.7 Å². The van der Waals surface area contributed by atoms with Gasteiger partial charge in [0.05, 0.1) is 0 Å². The van der Waals surface area contributed by atoms with E-state index >= 15 is 0 Å². The molecule has 130 valence electrons. The van der Waals surface area contributed by atoms with Crippen LogP contribution in [0.5, 0.6) is 0 Å². The highest BCUT2D eigenvalue weighted by Crippen LogP contribution is 2.22. The maximum Gasteiger partial charge on any atom is 0.289 e. The number of carbonyl (C=O) groups excluding carboxylic acids is 1. The van der Waals surface area contributed by atoms with Crippen molar-refractivity contribution in [3.63, 3.8) is 0 Å². The van der Waals surface area contributed by atoms with Crippen molar-refractivity contribution < 1.29 is 14.3 Å². The Balaban J connectivity index is 1.35. The average molecular weight is 356 g/mol. The van der Waals surface area contributed by atoms with Crippen LogP contribution in [0.3, 0.4) is 0 Å². The van der Waals surface area contributed by atoms with Crippen LogP contribution in [-0.2, 0) is 0 Å². The fourth-order valence-electron chi connectivity index (χ4n) is 3.19. The summed E-state index contributed by atoms with van der Waals surface area (Å²) in [5, 5.41) is 13.2. The third-order valence-electron chi connectivity index (χ3n) is 4.60. The van der Waals surface area contributed by atoms with Gasteiger partial charge in [-0.25, -0.2) is 0 Å². The van der Waals surface area contributed by atoms with Gasteiger partial charge >= 0.3 is 0 Å². The van der Waals surface area contributed by atoms with Gasteiger partial charge in [-0.15, -0.1) is 11.3 Å². The number of benzene rings is 1. The zero-order valence-corrected chi connectivity index (χ0v) is 14.6. The van der Waals surface area contributed by atoms with Gasteiger partial charge in [0.2, 0.25) is 0 Å². The number of aliphatic hydroxyl groups excluding tert-OH is 1. The number of rotatable bonds is 4. The van der Waals surface area contributed by atoms with Gasteiger partial charge in [0.15, 0.2) is 5.76 Å². The van der Waals surface area contributed by atoms with E-state index in [0.29, 0.717) is 25.4 Å². The van der Waals surface area contributed by atoms with Gasteiger partial charge in [-0.05, 0) is 23.6 Å². The predicted octanol–water partition coefficient (Wildman–Crippen LogP) is 2.99. The second-order valence-corrected chi connectivity index (χ2v) is 7.25. The lowest BCUT2D eigenvalue weighted by Crippen LogP contribution is -2.49. The first-order valence-corrected chi connectivity index (χ1v) is 9.30. The standard InChI is InChI=1S/C19H20N2O3S/c22-15(18-6-3-11-25-18)13-20-7-9-21(10-8-20)19(23)17-12-14-4-1-2-5-16(14)24-17/h1-6,11-12,15,22H,7-10,13H2/t15-/m1/s1. The maximum atomic E-state index is 12.7. The molecule has 3 heterocycles. The summed E-state index contributed by atoms with van der Waals surface area (Å²) in [5.41, 5.74) is 0.739. The van der Waals surface area contributed by atoms with Gasteiger partial charge in [0.25, 0.3) is 5.91 Å². The molecule has 1 aliphatic heterocycles. The van der Waals surface area contributed by atoms with Crippen molar-refractivity contribution in [1.82, 2.24) is 9.80 Å². The van der Waals surface area contributed by atoms with Crippen molar-refractivity contribution in [3.8, 4) is 0 Å². The molecule has 4 rings (SSSR count). The molecular formula is C19H20N2O3S. The summed E-state index contributed by atoms with van der Waals surface area (Å²) in [6.07, 6.45) is -0.461. The Hall–Kier alpha value is -2.15. The van der Waals surface area contributed by atoms with E-state index in [-0.39, 0.29) is 5.91 Å². The minimum atomic E-state index is -0.461. The van der Waals surface area contributed by atoms with Crippen molar-refractivity contribution in [2.75, 3.05) is 32.7 Å². The number of nitrogens with zero attached hydrogens (tertiary/aromatic N) is 2. The van der Waals surface area contributed by atoms with Gasteiger partial charge < -0.3 is 14.4 Å². The van der Waals surface area contributed by atoms with Crippen LogP contribution < -0.4 is 0 Å². The first kappa shape index (κ1) is 16.3. The lowest BCUT2D eigenvalue weighted by Gasteiger charge is -2.35. The van der Waals surface area contributed by atoms with Crippen molar-refractivity contribution in [3.05, 3.63) is 58.5 Å². The Bertz CT molecular complexity index is 818. The fraction of sp³-hybridized carbons (Fsp3) is 0.316. The summed E-state index contributed by atoms with van der Waals surface area (Å²) >= 11 is 1.57. The molecule has 3 aromatic rings. The molecule has 1 aliphatic rings. The number of furan rings is 1. The van der Waals surface area contributed by atoms with Crippen LogP contribution in [0, 0.1) is 0 Å². The third-order valence-corrected chi connectivity index (χ3v) is 5.57. The lowest BCUT2D eigenvalue weighted by atomic mass is 10.2. The van der Waals surface area contributed by atoms with Crippen molar-refractivity contribution in [1.29, 1.82) is 0 Å². The molecule has 0 spiro atoms. The molecule has 0 unspecified atom stereocenters. The molecule has 0 saturated carbocycles. The van der Waals surface area contributed by atoms with E-state index < -0.39 is 6.10 Å². The number of hydrogen-bond acceptors (Lipinski definition) is 5. The second kappa shape index (κ2) is 7.00. The summed E-state index contributed by atoms with van der Waals surface area (Å²) in [6, 6.07) is 13.4. The van der Waals surface area contributed by atoms with Gasteiger partial charge in [0, 0.05) is 43.0 Å². The third kappa shape index (κ3) is 3.46. The maximum absolute atomic E-state index is 12.7. The largest absolute Gasteiger partial charge is 0.451 e. The number of piperazine rings is 1. The lowest BCUT2D eigenvalue weighted by molar-refractivity contribution is 0.0510. The number of carbonyl (C=O) groups is 1. The average Bonchev–Trinajstić information content (AvgIpc) is 3.31. The summed E-state index contributed by atoms with van der Waals surface area (Å²) < 4.78 is 5.68. The molecule has 1 atom stereocenters. The number of aliphatic hydroxyl groups is 1. The topological polar surface area (TPSA) is 56.9 Å². The van der Waals surface area contributed by atoms with Crippen molar-refractivity contribution in [2.45, 2.75) is 6.10 Å². The van der Waals surface area contributed by atoms with E-state index in [9.17, 15) is 9.90 Å². The van der Waals surface area contributed by atoms with E-state index in [1.54, 1.807) is 11.3 Å². The zero-order chi connectivity index (χ0) is 17.2. The second-order valence-electron chi connectivity index (χ2n) is 6.27. The van der Waals surface area contributed by atoms with Crippen LogP contribution in [0.25, 0.3) is 11.0 Å². The van der Waals surface area contributed by atoms with Crippen LogP contribution in [0.15, 0.2) is 52.3 Å². The zero-order valence-electron chi connectivity index (χ0n) is 13.8.